The molecule has 2 aromatic rings. The summed E-state index contributed by atoms with van der Waals surface area (Å²) in [5.74, 6) is 0.175. The van der Waals surface area contributed by atoms with Crippen molar-refractivity contribution >= 4 is 11.8 Å². The lowest BCUT2D eigenvalue weighted by Crippen LogP contribution is -2.81. The predicted molar refractivity (Wildman–Crippen MR) is 120 cm³/mol. The zero-order valence-corrected chi connectivity index (χ0v) is 19.3. The van der Waals surface area contributed by atoms with E-state index in [1.54, 1.807) is 36.3 Å². The molecule has 3 heterocycles. The van der Waals surface area contributed by atoms with Crippen LogP contribution in [0.25, 0.3) is 0 Å². The Kier molecular flexibility index (Phi) is 5.96. The fourth-order valence-electron chi connectivity index (χ4n) is 5.36. The van der Waals surface area contributed by atoms with Crippen LogP contribution in [0.5, 0.6) is 5.75 Å². The van der Waals surface area contributed by atoms with Gasteiger partial charge in [0.15, 0.2) is 0 Å². The van der Waals surface area contributed by atoms with Gasteiger partial charge in [-0.05, 0) is 42.5 Å². The largest absolute Gasteiger partial charge is 0.497 e. The minimum atomic E-state index is -4.45. The Balaban J connectivity index is 1.33. The number of benzene rings is 2. The Morgan fingerprint density at radius 2 is 1.69 bits per heavy atom. The first-order valence-electron chi connectivity index (χ1n) is 11.4. The van der Waals surface area contributed by atoms with Crippen molar-refractivity contribution in [2.24, 2.45) is 0 Å². The lowest BCUT2D eigenvalue weighted by atomic mass is 9.82. The fourth-order valence-corrected chi connectivity index (χ4v) is 5.36. The number of ether oxygens (including phenoxy) is 2. The van der Waals surface area contributed by atoms with Gasteiger partial charge in [0.05, 0.1) is 37.5 Å². The van der Waals surface area contributed by atoms with Gasteiger partial charge in [0.1, 0.15) is 5.75 Å². The minimum Gasteiger partial charge on any atom is -0.497 e. The van der Waals surface area contributed by atoms with Crippen LogP contribution in [0.1, 0.15) is 26.3 Å². The first-order chi connectivity index (χ1) is 16.7. The molecule has 0 saturated carbocycles. The fraction of sp³-hybridized carbons (Fsp3) is 0.440. The number of fused-ring (bicyclic) bond motifs is 2. The topological polar surface area (TPSA) is 62.3 Å². The van der Waals surface area contributed by atoms with E-state index in [1.807, 2.05) is 4.90 Å². The van der Waals surface area contributed by atoms with Gasteiger partial charge >= 0.3 is 6.18 Å². The van der Waals surface area contributed by atoms with E-state index >= 15 is 0 Å². The number of methoxy groups -OCH3 is 1. The van der Waals surface area contributed by atoms with Gasteiger partial charge in [0, 0.05) is 43.9 Å². The van der Waals surface area contributed by atoms with E-state index in [9.17, 15) is 22.8 Å². The molecule has 7 nitrogen and oxygen atoms in total. The molecule has 3 saturated heterocycles. The van der Waals surface area contributed by atoms with Crippen LogP contribution in [-0.2, 0) is 10.9 Å². The first-order valence-corrected chi connectivity index (χ1v) is 11.4. The third kappa shape index (κ3) is 4.36. The molecular weight excluding hydrogens is 463 g/mol. The smallest absolute Gasteiger partial charge is 0.416 e. The van der Waals surface area contributed by atoms with Crippen LogP contribution in [0.2, 0.25) is 0 Å². The summed E-state index contributed by atoms with van der Waals surface area (Å²) >= 11 is 0. The van der Waals surface area contributed by atoms with Crippen LogP contribution < -0.4 is 4.74 Å². The lowest BCUT2D eigenvalue weighted by molar-refractivity contribution is -0.148. The highest BCUT2D eigenvalue weighted by Crippen LogP contribution is 2.37. The summed E-state index contributed by atoms with van der Waals surface area (Å²) in [6.07, 6.45) is -4.45. The summed E-state index contributed by atoms with van der Waals surface area (Å²) in [7, 11) is 1.55. The summed E-state index contributed by atoms with van der Waals surface area (Å²) in [5.41, 5.74) is -0.458. The molecule has 3 aliphatic heterocycles. The molecule has 1 atom stereocenters. The third-order valence-electron chi connectivity index (χ3n) is 7.07. The number of piperazine rings is 1. The zero-order valence-electron chi connectivity index (χ0n) is 19.3. The number of hydrogen-bond donors (Lipinski definition) is 0. The number of hydrogen-bond acceptors (Lipinski definition) is 5. The van der Waals surface area contributed by atoms with Crippen LogP contribution >= 0.6 is 0 Å². The van der Waals surface area contributed by atoms with Crippen LogP contribution in [0.15, 0.2) is 48.5 Å². The van der Waals surface area contributed by atoms with Gasteiger partial charge in [-0.25, -0.2) is 0 Å². The van der Waals surface area contributed by atoms with E-state index in [2.05, 4.69) is 4.90 Å². The molecule has 186 valence electrons. The molecule has 1 spiro atoms. The van der Waals surface area contributed by atoms with Crippen molar-refractivity contribution in [1.29, 1.82) is 0 Å². The molecule has 1 unspecified atom stereocenters. The summed E-state index contributed by atoms with van der Waals surface area (Å²) < 4.78 is 49.5. The highest BCUT2D eigenvalue weighted by Gasteiger charge is 2.56. The molecule has 0 N–H and O–H groups in total. The second-order valence-corrected chi connectivity index (χ2v) is 9.30. The normalized spacial score (nSPS) is 21.9. The highest BCUT2D eigenvalue weighted by molar-refractivity contribution is 5.96. The van der Waals surface area contributed by atoms with Crippen molar-refractivity contribution in [1.82, 2.24) is 14.7 Å². The minimum absolute atomic E-state index is 0.00961. The predicted octanol–water partition coefficient (Wildman–Crippen LogP) is 2.77. The Labute approximate surface area is 201 Å². The highest BCUT2D eigenvalue weighted by atomic mass is 19.4. The molecule has 2 aromatic carbocycles. The van der Waals surface area contributed by atoms with Crippen molar-refractivity contribution in [3.05, 3.63) is 65.2 Å². The van der Waals surface area contributed by atoms with E-state index in [0.717, 1.165) is 12.1 Å². The van der Waals surface area contributed by atoms with Crippen LogP contribution in [0, 0.1) is 0 Å². The van der Waals surface area contributed by atoms with E-state index in [0.29, 0.717) is 57.3 Å². The van der Waals surface area contributed by atoms with E-state index in [-0.39, 0.29) is 23.4 Å². The molecule has 0 bridgehead atoms. The zero-order chi connectivity index (χ0) is 24.8. The summed E-state index contributed by atoms with van der Waals surface area (Å²) in [5, 5.41) is 0. The van der Waals surface area contributed by atoms with E-state index in [4.69, 9.17) is 9.47 Å². The van der Waals surface area contributed by atoms with Crippen LogP contribution in [0.4, 0.5) is 13.2 Å². The van der Waals surface area contributed by atoms with Gasteiger partial charge in [-0.2, -0.15) is 13.2 Å². The van der Waals surface area contributed by atoms with E-state index in [1.165, 1.54) is 12.1 Å². The monoisotopic (exact) mass is 489 g/mol. The Hall–Kier alpha value is -3.11. The standard InChI is InChI=1S/C25H26F3N3O4/c1-34-21-4-2-3-18(11-21)23(33)29-12-20-13-35-10-9-31(20)24(14-29)15-30(16-24)22(32)17-5-7-19(8-6-17)25(26,27)28/h2-8,11,20H,9-10,12-16H2,1H3. The number of morpholine rings is 1. The van der Waals surface area contributed by atoms with Crippen LogP contribution in [-0.4, -0.2) is 91.1 Å². The van der Waals surface area contributed by atoms with Gasteiger partial charge < -0.3 is 19.3 Å². The number of rotatable bonds is 3. The summed E-state index contributed by atoms with van der Waals surface area (Å²) in [6.45, 7) is 3.54. The quantitative estimate of drug-likeness (QED) is 0.664. The number of likely N-dealkylation sites (tertiary alicyclic amines) is 1. The number of alkyl halides is 3. The van der Waals surface area contributed by atoms with E-state index < -0.39 is 17.3 Å². The molecular formula is C25H26F3N3O4. The average molecular weight is 489 g/mol. The molecule has 0 aliphatic carbocycles. The van der Waals surface area contributed by atoms with Gasteiger partial charge in [-0.3, -0.25) is 14.5 Å². The summed E-state index contributed by atoms with van der Waals surface area (Å²) in [6, 6.07) is 11.3. The number of nitrogens with zero attached hydrogens (tertiary/aromatic N) is 3. The van der Waals surface area contributed by atoms with Gasteiger partial charge in [-0.1, -0.05) is 6.07 Å². The van der Waals surface area contributed by atoms with Crippen LogP contribution in [0.3, 0.4) is 0 Å². The second-order valence-electron chi connectivity index (χ2n) is 9.30. The third-order valence-corrected chi connectivity index (χ3v) is 7.07. The first kappa shape index (κ1) is 23.6. The van der Waals surface area contributed by atoms with Gasteiger partial charge in [0.2, 0.25) is 0 Å². The second kappa shape index (κ2) is 8.83. The molecule has 3 aliphatic rings. The maximum atomic E-state index is 13.4. The molecule has 10 heteroatoms. The van der Waals surface area contributed by atoms with Gasteiger partial charge in [-0.15, -0.1) is 0 Å². The lowest BCUT2D eigenvalue weighted by Gasteiger charge is -2.63. The van der Waals surface area contributed by atoms with Crippen molar-refractivity contribution in [2.45, 2.75) is 17.8 Å². The number of carbonyl (C=O) groups excluding carboxylic acids is 2. The number of halogens is 3. The maximum absolute atomic E-state index is 13.4. The number of amides is 2. The Morgan fingerprint density at radius 3 is 2.37 bits per heavy atom. The maximum Gasteiger partial charge on any atom is 0.416 e. The molecule has 3 fully saturated rings. The molecule has 5 rings (SSSR count). The summed E-state index contributed by atoms with van der Waals surface area (Å²) in [4.78, 5) is 32.1. The Bertz CT molecular complexity index is 1120. The average Bonchev–Trinajstić information content (AvgIpc) is 2.85. The SMILES string of the molecule is COc1cccc(C(=O)N2CC3COCCN3C3(C2)CN(C(=O)c2ccc(C(F)(F)F)cc2)C3)c1. The van der Waals surface area contributed by atoms with Crippen molar-refractivity contribution in [3.63, 3.8) is 0 Å². The molecule has 0 radical (unpaired) electrons. The number of carbonyl (C=O) groups is 2. The molecule has 0 aromatic heterocycles. The molecule has 2 amide bonds. The molecule has 35 heavy (non-hydrogen) atoms. The van der Waals surface area contributed by atoms with Crippen molar-refractivity contribution in [2.75, 3.05) is 53.0 Å². The van der Waals surface area contributed by atoms with Gasteiger partial charge in [0.25, 0.3) is 11.8 Å². The van der Waals surface area contributed by atoms with Crippen molar-refractivity contribution in [3.8, 4) is 5.75 Å². The van der Waals surface area contributed by atoms with Crippen molar-refractivity contribution < 1.29 is 32.2 Å². The Morgan fingerprint density at radius 1 is 1.00 bits per heavy atom.